The molecule has 0 saturated carbocycles. The molecule has 2 rings (SSSR count). The van der Waals surface area contributed by atoms with Gasteiger partial charge in [0.25, 0.3) is 0 Å². The second kappa shape index (κ2) is 4.42. The van der Waals surface area contributed by atoms with Crippen molar-refractivity contribution in [2.45, 2.75) is 17.3 Å². The summed E-state index contributed by atoms with van der Waals surface area (Å²) in [6.07, 6.45) is 2.01. The molecule has 0 amide bonds. The van der Waals surface area contributed by atoms with Crippen LogP contribution in [0.2, 0.25) is 17.3 Å². The average Bonchev–Trinajstić information content (AvgIpc) is 2.28. The van der Waals surface area contributed by atoms with Gasteiger partial charge in [0.05, 0.1) is 0 Å². The molecule has 1 aromatic heterocycles. The van der Waals surface area contributed by atoms with E-state index in [1.165, 1.54) is 4.40 Å². The molecule has 82 valence electrons. The van der Waals surface area contributed by atoms with Gasteiger partial charge in [-0.2, -0.15) is 0 Å². The molecule has 0 N–H and O–H groups in total. The first-order chi connectivity index (χ1) is 7.97. The molecule has 0 fully saturated rings. The SMILES string of the molecule is [2H]c1cccc(-c2cc[c]([Ge]([CH3])([CH3])[CH3])cn2)c1. The number of benzene rings is 1. The van der Waals surface area contributed by atoms with Gasteiger partial charge < -0.3 is 0 Å². The topological polar surface area (TPSA) is 12.9 Å². The molecule has 0 atom stereocenters. The van der Waals surface area contributed by atoms with E-state index in [0.717, 1.165) is 11.3 Å². The molecule has 0 bridgehead atoms. The van der Waals surface area contributed by atoms with Gasteiger partial charge in [-0.15, -0.1) is 0 Å². The van der Waals surface area contributed by atoms with E-state index in [-0.39, 0.29) is 0 Å². The van der Waals surface area contributed by atoms with Crippen molar-refractivity contribution in [3.63, 3.8) is 0 Å². The summed E-state index contributed by atoms with van der Waals surface area (Å²) in [5.41, 5.74) is 1.97. The summed E-state index contributed by atoms with van der Waals surface area (Å²) in [7, 11) is 0. The number of rotatable bonds is 2. The third-order valence-electron chi connectivity index (χ3n) is 2.63. The summed E-state index contributed by atoms with van der Waals surface area (Å²) in [6.45, 7) is 0. The first kappa shape index (κ1) is 10.1. The van der Waals surface area contributed by atoms with Crippen molar-refractivity contribution in [1.82, 2.24) is 4.98 Å². The molecule has 2 aromatic rings. The van der Waals surface area contributed by atoms with E-state index < -0.39 is 13.3 Å². The van der Waals surface area contributed by atoms with Crippen LogP contribution in [0.1, 0.15) is 1.37 Å². The van der Waals surface area contributed by atoms with Crippen LogP contribution in [0.3, 0.4) is 0 Å². The summed E-state index contributed by atoms with van der Waals surface area (Å²) in [4.78, 5) is 4.52. The molecule has 0 aliphatic carbocycles. The molecular formula is C14H17GeN. The number of aromatic nitrogens is 1. The second-order valence-electron chi connectivity index (χ2n) is 4.97. The Morgan fingerprint density at radius 1 is 1.06 bits per heavy atom. The van der Waals surface area contributed by atoms with Gasteiger partial charge in [-0.1, -0.05) is 0 Å². The fourth-order valence-electron chi connectivity index (χ4n) is 1.56. The summed E-state index contributed by atoms with van der Waals surface area (Å²) >= 11 is -1.76. The Kier molecular flexibility index (Phi) is 2.79. The van der Waals surface area contributed by atoms with E-state index >= 15 is 0 Å². The van der Waals surface area contributed by atoms with E-state index in [1.54, 1.807) is 6.07 Å². The van der Waals surface area contributed by atoms with Crippen LogP contribution in [0.15, 0.2) is 48.6 Å². The minimum atomic E-state index is -1.76. The van der Waals surface area contributed by atoms with Crippen molar-refractivity contribution in [3.8, 4) is 11.3 Å². The summed E-state index contributed by atoms with van der Waals surface area (Å²) in [5.74, 6) is 7.09. The predicted octanol–water partition coefficient (Wildman–Crippen LogP) is 3.29. The zero-order valence-electron chi connectivity index (χ0n) is 11.0. The first-order valence-electron chi connectivity index (χ1n) is 6.00. The molecule has 0 radical (unpaired) electrons. The fourth-order valence-corrected chi connectivity index (χ4v) is 3.73. The van der Waals surface area contributed by atoms with E-state index in [2.05, 4.69) is 34.4 Å². The Morgan fingerprint density at radius 3 is 2.44 bits per heavy atom. The fraction of sp³-hybridized carbons (Fsp3) is 0.214. The normalized spacial score (nSPS) is 12.3. The molecule has 0 spiro atoms. The number of hydrogen-bond acceptors (Lipinski definition) is 1. The first-order valence-corrected chi connectivity index (χ1v) is 12.8. The molecule has 1 aromatic carbocycles. The summed E-state index contributed by atoms with van der Waals surface area (Å²) < 4.78 is 9.02. The number of hydrogen-bond donors (Lipinski definition) is 0. The van der Waals surface area contributed by atoms with Gasteiger partial charge in [-0.05, 0) is 0 Å². The van der Waals surface area contributed by atoms with E-state index in [1.807, 2.05) is 24.4 Å². The Morgan fingerprint density at radius 2 is 1.88 bits per heavy atom. The van der Waals surface area contributed by atoms with Gasteiger partial charge in [-0.3, -0.25) is 0 Å². The van der Waals surface area contributed by atoms with Crippen molar-refractivity contribution in [1.29, 1.82) is 0 Å². The predicted molar refractivity (Wildman–Crippen MR) is 72.7 cm³/mol. The van der Waals surface area contributed by atoms with E-state index in [9.17, 15) is 0 Å². The van der Waals surface area contributed by atoms with Gasteiger partial charge in [0.15, 0.2) is 0 Å². The molecule has 0 aliphatic rings. The summed E-state index contributed by atoms with van der Waals surface area (Å²) in [6, 6.07) is 12.3. The van der Waals surface area contributed by atoms with Gasteiger partial charge in [-0.25, -0.2) is 0 Å². The second-order valence-corrected chi connectivity index (χ2v) is 15.6. The Hall–Kier alpha value is -1.09. The summed E-state index contributed by atoms with van der Waals surface area (Å²) in [5, 5.41) is 0. The molecule has 2 heteroatoms. The Bertz CT molecular complexity index is 514. The average molecular weight is 273 g/mol. The molecular weight excluding hydrogens is 255 g/mol. The molecule has 16 heavy (non-hydrogen) atoms. The molecule has 1 nitrogen and oxygen atoms in total. The van der Waals surface area contributed by atoms with Gasteiger partial charge >= 0.3 is 101 Å². The van der Waals surface area contributed by atoms with Crippen molar-refractivity contribution in [2.24, 2.45) is 0 Å². The van der Waals surface area contributed by atoms with Crippen LogP contribution in [0.4, 0.5) is 0 Å². The van der Waals surface area contributed by atoms with E-state index in [0.29, 0.717) is 6.04 Å². The monoisotopic (exact) mass is 274 g/mol. The van der Waals surface area contributed by atoms with Gasteiger partial charge in [0, 0.05) is 0 Å². The van der Waals surface area contributed by atoms with Gasteiger partial charge in [0.2, 0.25) is 0 Å². The van der Waals surface area contributed by atoms with Crippen molar-refractivity contribution >= 4 is 17.7 Å². The Labute approximate surface area is 101 Å². The van der Waals surface area contributed by atoms with Crippen molar-refractivity contribution in [3.05, 3.63) is 48.6 Å². The van der Waals surface area contributed by atoms with Crippen LogP contribution < -0.4 is 4.40 Å². The van der Waals surface area contributed by atoms with Crippen LogP contribution in [0.25, 0.3) is 11.3 Å². The van der Waals surface area contributed by atoms with Crippen molar-refractivity contribution in [2.75, 3.05) is 0 Å². The Balaban J connectivity index is 2.36. The van der Waals surface area contributed by atoms with E-state index in [4.69, 9.17) is 1.37 Å². The molecule has 1 heterocycles. The number of pyridine rings is 1. The zero-order chi connectivity index (χ0) is 12.5. The molecule has 0 aliphatic heterocycles. The standard InChI is InChI=1S/C14H17GeN/c1-15(2,3)13-9-10-14(16-11-13)12-7-5-4-6-8-12/h4-11H,1-3H3/i5D. The van der Waals surface area contributed by atoms with Crippen LogP contribution in [-0.4, -0.2) is 18.3 Å². The third kappa shape index (κ3) is 2.53. The molecule has 0 unspecified atom stereocenters. The van der Waals surface area contributed by atoms with Crippen LogP contribution in [0.5, 0.6) is 0 Å². The quantitative estimate of drug-likeness (QED) is 0.765. The maximum atomic E-state index is 7.61. The van der Waals surface area contributed by atoms with Crippen molar-refractivity contribution < 1.29 is 1.37 Å². The zero-order valence-corrected chi connectivity index (χ0v) is 12.1. The third-order valence-corrected chi connectivity index (χ3v) is 6.89. The van der Waals surface area contributed by atoms with Gasteiger partial charge in [0.1, 0.15) is 0 Å². The maximum absolute atomic E-state index is 7.61. The van der Waals surface area contributed by atoms with Crippen LogP contribution in [0, 0.1) is 0 Å². The minimum absolute atomic E-state index is 0.529. The molecule has 0 saturated heterocycles. The van der Waals surface area contributed by atoms with Crippen LogP contribution in [-0.2, 0) is 0 Å². The van der Waals surface area contributed by atoms with Crippen LogP contribution >= 0.6 is 0 Å². The number of nitrogens with zero attached hydrogens (tertiary/aromatic N) is 1.